The third kappa shape index (κ3) is 3.54. The van der Waals surface area contributed by atoms with Crippen LogP contribution in [0.4, 0.5) is 4.39 Å². The van der Waals surface area contributed by atoms with Gasteiger partial charge in [0.1, 0.15) is 11.6 Å². The second-order valence-electron chi connectivity index (χ2n) is 7.07. The van der Waals surface area contributed by atoms with Gasteiger partial charge in [-0.25, -0.2) is 4.39 Å². The zero-order valence-corrected chi connectivity index (χ0v) is 14.2. The van der Waals surface area contributed by atoms with Gasteiger partial charge in [0, 0.05) is 38.3 Å². The summed E-state index contributed by atoms with van der Waals surface area (Å²) in [5.41, 5.74) is -0.106. The Hall–Kier alpha value is -1.66. The van der Waals surface area contributed by atoms with Crippen LogP contribution in [0.1, 0.15) is 36.0 Å². The van der Waals surface area contributed by atoms with E-state index in [2.05, 4.69) is 22.2 Å². The van der Waals surface area contributed by atoms with Crippen LogP contribution in [0.5, 0.6) is 5.75 Å². The van der Waals surface area contributed by atoms with Gasteiger partial charge in [0.05, 0.1) is 5.56 Å². The van der Waals surface area contributed by atoms with Crippen molar-refractivity contribution in [3.05, 3.63) is 29.6 Å². The van der Waals surface area contributed by atoms with Crippen molar-refractivity contribution in [2.45, 2.75) is 31.2 Å². The Labute approximate surface area is 142 Å². The second-order valence-corrected chi connectivity index (χ2v) is 7.07. The Morgan fingerprint density at radius 1 is 1.25 bits per heavy atom. The van der Waals surface area contributed by atoms with Gasteiger partial charge >= 0.3 is 0 Å². The molecule has 1 aliphatic carbocycles. The molecule has 1 aromatic rings. The minimum atomic E-state index is -0.606. The van der Waals surface area contributed by atoms with E-state index in [4.69, 9.17) is 0 Å². The summed E-state index contributed by atoms with van der Waals surface area (Å²) >= 11 is 0. The molecule has 0 atom stereocenters. The second kappa shape index (κ2) is 7.07. The summed E-state index contributed by atoms with van der Waals surface area (Å²) in [6.07, 6.45) is 4.48. The first-order chi connectivity index (χ1) is 11.5. The van der Waals surface area contributed by atoms with Crippen molar-refractivity contribution in [2.24, 2.45) is 0 Å². The number of hydrogen-bond donors (Lipinski definition) is 2. The molecule has 1 heterocycles. The average Bonchev–Trinajstić information content (AvgIpc) is 3.05. The van der Waals surface area contributed by atoms with Crippen molar-refractivity contribution < 1.29 is 14.3 Å². The minimum absolute atomic E-state index is 0.00970. The highest BCUT2D eigenvalue weighted by Crippen LogP contribution is 2.35. The molecule has 2 fully saturated rings. The van der Waals surface area contributed by atoms with E-state index in [-0.39, 0.29) is 16.9 Å². The van der Waals surface area contributed by atoms with Gasteiger partial charge in [-0.1, -0.05) is 12.8 Å². The van der Waals surface area contributed by atoms with Gasteiger partial charge < -0.3 is 15.3 Å². The zero-order chi connectivity index (χ0) is 17.2. The molecule has 5 nitrogen and oxygen atoms in total. The summed E-state index contributed by atoms with van der Waals surface area (Å²) < 4.78 is 13.8. The monoisotopic (exact) mass is 335 g/mol. The number of phenolic OH excluding ortho intramolecular Hbond substituents is 1. The molecule has 1 saturated carbocycles. The van der Waals surface area contributed by atoms with Crippen LogP contribution in [0.25, 0.3) is 0 Å². The van der Waals surface area contributed by atoms with Crippen molar-refractivity contribution >= 4 is 5.91 Å². The predicted octanol–water partition coefficient (Wildman–Crippen LogP) is 1.82. The Bertz CT molecular complexity index is 594. The molecule has 2 N–H and O–H groups in total. The molecule has 6 heteroatoms. The topological polar surface area (TPSA) is 55.8 Å². The van der Waals surface area contributed by atoms with Crippen LogP contribution in [0.3, 0.4) is 0 Å². The highest BCUT2D eigenvalue weighted by atomic mass is 19.1. The lowest BCUT2D eigenvalue weighted by molar-refractivity contribution is 0.0414. The van der Waals surface area contributed by atoms with Gasteiger partial charge in [0.2, 0.25) is 0 Å². The van der Waals surface area contributed by atoms with Crippen molar-refractivity contribution in [1.82, 2.24) is 15.1 Å². The van der Waals surface area contributed by atoms with Crippen molar-refractivity contribution in [3.63, 3.8) is 0 Å². The van der Waals surface area contributed by atoms with Crippen LogP contribution >= 0.6 is 0 Å². The lowest BCUT2D eigenvalue weighted by Gasteiger charge is -2.45. The Kier molecular flexibility index (Phi) is 5.06. The van der Waals surface area contributed by atoms with E-state index in [1.807, 2.05) is 0 Å². The first-order valence-corrected chi connectivity index (χ1v) is 8.70. The summed E-state index contributed by atoms with van der Waals surface area (Å²) in [6, 6.07) is 3.55. The molecule has 0 spiro atoms. The van der Waals surface area contributed by atoms with Crippen LogP contribution < -0.4 is 5.32 Å². The number of piperazine rings is 1. The van der Waals surface area contributed by atoms with E-state index in [9.17, 15) is 14.3 Å². The minimum Gasteiger partial charge on any atom is -0.508 e. The first kappa shape index (κ1) is 17.2. The number of amides is 1. The highest BCUT2D eigenvalue weighted by Gasteiger charge is 2.40. The SMILES string of the molecule is CN1CCN(C2(CNC(=O)c3cc(O)ccc3F)CCCC2)CC1. The van der Waals surface area contributed by atoms with Crippen LogP contribution in [0.2, 0.25) is 0 Å². The maximum absolute atomic E-state index is 13.8. The van der Waals surface area contributed by atoms with E-state index in [1.54, 1.807) is 0 Å². The number of rotatable bonds is 4. The fourth-order valence-electron chi connectivity index (χ4n) is 3.95. The molecule has 0 radical (unpaired) electrons. The summed E-state index contributed by atoms with van der Waals surface area (Å²) in [7, 11) is 2.13. The molecule has 1 aliphatic heterocycles. The van der Waals surface area contributed by atoms with Gasteiger partial charge in [-0.3, -0.25) is 9.69 Å². The van der Waals surface area contributed by atoms with Gasteiger partial charge in [-0.2, -0.15) is 0 Å². The van der Waals surface area contributed by atoms with E-state index in [1.165, 1.54) is 25.0 Å². The Morgan fingerprint density at radius 2 is 1.92 bits per heavy atom. The molecule has 24 heavy (non-hydrogen) atoms. The molecule has 3 rings (SSSR count). The van der Waals surface area contributed by atoms with Crippen LogP contribution in [0.15, 0.2) is 18.2 Å². The van der Waals surface area contributed by atoms with E-state index in [0.29, 0.717) is 6.54 Å². The summed E-state index contributed by atoms with van der Waals surface area (Å²) in [5.74, 6) is -1.16. The largest absolute Gasteiger partial charge is 0.508 e. The van der Waals surface area contributed by atoms with Gasteiger partial charge in [0.15, 0.2) is 0 Å². The number of nitrogens with one attached hydrogen (secondary N) is 1. The molecule has 0 unspecified atom stereocenters. The number of phenols is 1. The summed E-state index contributed by atoms with van der Waals surface area (Å²) in [5, 5.41) is 12.4. The van der Waals surface area contributed by atoms with Gasteiger partial charge in [-0.15, -0.1) is 0 Å². The van der Waals surface area contributed by atoms with E-state index in [0.717, 1.165) is 45.1 Å². The number of carbonyl (C=O) groups excluding carboxylic acids is 1. The zero-order valence-electron chi connectivity index (χ0n) is 14.2. The maximum Gasteiger partial charge on any atom is 0.254 e. The standard InChI is InChI=1S/C18H26FN3O2/c1-21-8-10-22(11-9-21)18(6-2-3-7-18)13-20-17(24)15-12-14(23)4-5-16(15)19/h4-5,12,23H,2-3,6-11,13H2,1H3,(H,20,24). The van der Waals surface area contributed by atoms with Crippen molar-refractivity contribution in [1.29, 1.82) is 0 Å². The van der Waals surface area contributed by atoms with Crippen LogP contribution in [-0.2, 0) is 0 Å². The molecule has 2 aliphatic rings. The van der Waals surface area contributed by atoms with E-state index >= 15 is 0 Å². The fraction of sp³-hybridized carbons (Fsp3) is 0.611. The molecule has 1 aromatic carbocycles. The first-order valence-electron chi connectivity index (χ1n) is 8.70. The lowest BCUT2D eigenvalue weighted by Crippen LogP contribution is -2.59. The normalized spacial score (nSPS) is 21.8. The van der Waals surface area contributed by atoms with Crippen molar-refractivity contribution in [2.75, 3.05) is 39.8 Å². The molecule has 1 saturated heterocycles. The lowest BCUT2D eigenvalue weighted by atomic mass is 9.93. The smallest absolute Gasteiger partial charge is 0.254 e. The average molecular weight is 335 g/mol. The van der Waals surface area contributed by atoms with Gasteiger partial charge in [0.25, 0.3) is 5.91 Å². The molecule has 0 aromatic heterocycles. The maximum atomic E-state index is 13.8. The number of likely N-dealkylation sites (N-methyl/N-ethyl adjacent to an activating group) is 1. The fourth-order valence-corrected chi connectivity index (χ4v) is 3.95. The number of nitrogens with zero attached hydrogens (tertiary/aromatic N) is 2. The van der Waals surface area contributed by atoms with Crippen LogP contribution in [-0.4, -0.2) is 66.1 Å². The molecular weight excluding hydrogens is 309 g/mol. The Morgan fingerprint density at radius 3 is 2.58 bits per heavy atom. The predicted molar refractivity (Wildman–Crippen MR) is 90.7 cm³/mol. The molecule has 132 valence electrons. The summed E-state index contributed by atoms with van der Waals surface area (Å²) in [4.78, 5) is 17.2. The summed E-state index contributed by atoms with van der Waals surface area (Å²) in [6.45, 7) is 4.62. The third-order valence-electron chi connectivity index (χ3n) is 5.48. The van der Waals surface area contributed by atoms with E-state index < -0.39 is 11.7 Å². The number of benzene rings is 1. The molecule has 1 amide bonds. The molecule has 0 bridgehead atoms. The number of carbonyl (C=O) groups is 1. The quantitative estimate of drug-likeness (QED) is 0.881. The number of halogens is 1. The van der Waals surface area contributed by atoms with Crippen LogP contribution in [0, 0.1) is 5.82 Å². The van der Waals surface area contributed by atoms with Crippen molar-refractivity contribution in [3.8, 4) is 5.75 Å². The highest BCUT2D eigenvalue weighted by molar-refractivity contribution is 5.94. The number of hydrogen-bond acceptors (Lipinski definition) is 4. The van der Waals surface area contributed by atoms with Gasteiger partial charge in [-0.05, 0) is 38.1 Å². The molecular formula is C18H26FN3O2. The number of aromatic hydroxyl groups is 1. The third-order valence-corrected chi connectivity index (χ3v) is 5.48. The Balaban J connectivity index is 1.68.